The molecular formula is C31H34ClN5O3. The predicted molar refractivity (Wildman–Crippen MR) is 156 cm³/mol. The Morgan fingerprint density at radius 3 is 2.48 bits per heavy atom. The molecule has 1 amide bonds. The van der Waals surface area contributed by atoms with Crippen LogP contribution in [0.5, 0.6) is 11.5 Å². The van der Waals surface area contributed by atoms with Crippen molar-refractivity contribution in [3.63, 3.8) is 0 Å². The lowest BCUT2D eigenvalue weighted by atomic mass is 10.2. The third-order valence-corrected chi connectivity index (χ3v) is 7.65. The van der Waals surface area contributed by atoms with Crippen molar-refractivity contribution in [2.75, 3.05) is 20.3 Å². The summed E-state index contributed by atoms with van der Waals surface area (Å²) in [5.74, 6) is 2.53. The van der Waals surface area contributed by atoms with Crippen LogP contribution in [0, 0.1) is 0 Å². The van der Waals surface area contributed by atoms with E-state index < -0.39 is 0 Å². The van der Waals surface area contributed by atoms with E-state index in [2.05, 4.69) is 11.9 Å². The molecule has 2 aromatic heterocycles. The number of nitrogens with zero attached hydrogens (tertiary/aromatic N) is 5. The van der Waals surface area contributed by atoms with Crippen molar-refractivity contribution in [3.05, 3.63) is 77.6 Å². The number of aryl methyl sites for hydroxylation is 1. The van der Waals surface area contributed by atoms with Gasteiger partial charge in [0.25, 0.3) is 5.91 Å². The Hall–Kier alpha value is -3.91. The number of hydrogen-bond acceptors (Lipinski definition) is 6. The van der Waals surface area contributed by atoms with Gasteiger partial charge in [0.15, 0.2) is 18.3 Å². The third kappa shape index (κ3) is 6.45. The quantitative estimate of drug-likeness (QED) is 0.221. The van der Waals surface area contributed by atoms with E-state index in [0.717, 1.165) is 43.2 Å². The molecule has 0 N–H and O–H groups in total. The van der Waals surface area contributed by atoms with Gasteiger partial charge in [-0.3, -0.25) is 9.78 Å². The number of hydrogen-bond donors (Lipinski definition) is 0. The number of methoxy groups -OCH3 is 1. The summed E-state index contributed by atoms with van der Waals surface area (Å²) in [6, 6.07) is 17.4. The summed E-state index contributed by atoms with van der Waals surface area (Å²) in [7, 11) is 1.59. The van der Waals surface area contributed by atoms with Crippen LogP contribution >= 0.6 is 11.6 Å². The zero-order valence-corrected chi connectivity index (χ0v) is 23.7. The molecule has 0 aliphatic heterocycles. The Labute approximate surface area is 239 Å². The van der Waals surface area contributed by atoms with Crippen molar-refractivity contribution in [2.45, 2.75) is 51.6 Å². The highest BCUT2D eigenvalue weighted by Gasteiger charge is 2.27. The molecule has 2 heterocycles. The standard InChI is InChI=1S/C31H34ClN5O3/c1-3-22-8-11-26(12-9-22)40-21-29(38)36(25-6-4-5-7-25)18-19-37-31(24-10-13-28(39-2)27(32)20-24)34-30(35-37)23-14-16-33-17-15-23/h8-17,20,25H,3-7,18-19,21H2,1-2H3. The van der Waals surface area contributed by atoms with Crippen molar-refractivity contribution in [1.29, 1.82) is 0 Å². The second kappa shape index (κ2) is 13.0. The molecule has 0 spiro atoms. The maximum absolute atomic E-state index is 13.5. The van der Waals surface area contributed by atoms with Gasteiger partial charge in [-0.2, -0.15) is 5.10 Å². The Morgan fingerprint density at radius 1 is 1.05 bits per heavy atom. The number of carbonyl (C=O) groups is 1. The second-order valence-corrected chi connectivity index (χ2v) is 10.3. The summed E-state index contributed by atoms with van der Waals surface area (Å²) in [6.07, 6.45) is 8.64. The molecule has 0 unspecified atom stereocenters. The summed E-state index contributed by atoms with van der Waals surface area (Å²) in [4.78, 5) is 24.4. The molecule has 0 bridgehead atoms. The number of pyridine rings is 1. The van der Waals surface area contributed by atoms with Gasteiger partial charge >= 0.3 is 0 Å². The molecule has 5 rings (SSSR count). The van der Waals surface area contributed by atoms with Crippen LogP contribution in [0.2, 0.25) is 5.02 Å². The van der Waals surface area contributed by atoms with E-state index in [9.17, 15) is 4.79 Å². The van der Waals surface area contributed by atoms with E-state index in [1.165, 1.54) is 5.56 Å². The summed E-state index contributed by atoms with van der Waals surface area (Å²) < 4.78 is 13.1. The first-order valence-corrected chi connectivity index (χ1v) is 14.1. The zero-order chi connectivity index (χ0) is 27.9. The van der Waals surface area contributed by atoms with Crippen LogP contribution in [0.15, 0.2) is 67.0 Å². The maximum atomic E-state index is 13.5. The van der Waals surface area contributed by atoms with Crippen LogP contribution < -0.4 is 9.47 Å². The summed E-state index contributed by atoms with van der Waals surface area (Å²) in [5.41, 5.74) is 2.91. The van der Waals surface area contributed by atoms with Gasteiger partial charge in [-0.1, -0.05) is 43.5 Å². The molecule has 0 radical (unpaired) electrons. The van der Waals surface area contributed by atoms with Gasteiger partial charge in [-0.15, -0.1) is 0 Å². The molecule has 8 nitrogen and oxygen atoms in total. The van der Waals surface area contributed by atoms with Gasteiger partial charge in [-0.25, -0.2) is 9.67 Å². The number of halogens is 1. The van der Waals surface area contributed by atoms with Gasteiger partial charge in [0, 0.05) is 36.1 Å². The molecule has 9 heteroatoms. The Morgan fingerprint density at radius 2 is 1.80 bits per heavy atom. The lowest BCUT2D eigenvalue weighted by Crippen LogP contribution is -2.43. The number of carbonyl (C=O) groups excluding carboxylic acids is 1. The van der Waals surface area contributed by atoms with Crippen molar-refractivity contribution >= 4 is 17.5 Å². The average molecular weight is 560 g/mol. The molecule has 40 heavy (non-hydrogen) atoms. The molecule has 0 atom stereocenters. The van der Waals surface area contributed by atoms with E-state index >= 15 is 0 Å². The number of aromatic nitrogens is 4. The molecule has 1 fully saturated rings. The van der Waals surface area contributed by atoms with E-state index in [-0.39, 0.29) is 18.6 Å². The monoisotopic (exact) mass is 559 g/mol. The van der Waals surface area contributed by atoms with Crippen molar-refractivity contribution < 1.29 is 14.3 Å². The molecule has 2 aromatic carbocycles. The Kier molecular flexibility index (Phi) is 8.96. The molecule has 208 valence electrons. The summed E-state index contributed by atoms with van der Waals surface area (Å²) in [6.45, 7) is 3.09. The summed E-state index contributed by atoms with van der Waals surface area (Å²) in [5, 5.41) is 5.32. The highest BCUT2D eigenvalue weighted by molar-refractivity contribution is 6.32. The molecule has 1 aliphatic carbocycles. The number of rotatable bonds is 11. The fourth-order valence-corrected chi connectivity index (χ4v) is 5.38. The van der Waals surface area contributed by atoms with Crippen LogP contribution in [0.1, 0.15) is 38.2 Å². The average Bonchev–Trinajstić information content (AvgIpc) is 3.68. The fraction of sp³-hybridized carbons (Fsp3) is 0.355. The van der Waals surface area contributed by atoms with Gasteiger partial charge in [-0.05, 0) is 67.3 Å². The predicted octanol–water partition coefficient (Wildman–Crippen LogP) is 6.08. The topological polar surface area (TPSA) is 82.4 Å². The highest BCUT2D eigenvalue weighted by Crippen LogP contribution is 2.31. The Balaban J connectivity index is 1.38. The van der Waals surface area contributed by atoms with E-state index in [1.54, 1.807) is 19.5 Å². The Bertz CT molecular complexity index is 1420. The molecule has 1 saturated carbocycles. The van der Waals surface area contributed by atoms with Gasteiger partial charge in [0.1, 0.15) is 11.5 Å². The first-order valence-electron chi connectivity index (χ1n) is 13.8. The zero-order valence-electron chi connectivity index (χ0n) is 22.9. The lowest BCUT2D eigenvalue weighted by molar-refractivity contribution is -0.135. The largest absolute Gasteiger partial charge is 0.495 e. The van der Waals surface area contributed by atoms with Crippen LogP contribution in [0.4, 0.5) is 0 Å². The molecule has 1 aliphatic rings. The van der Waals surface area contributed by atoms with Crippen LogP contribution in [-0.2, 0) is 17.8 Å². The SMILES string of the molecule is CCc1ccc(OCC(=O)N(CCn2nc(-c3ccncc3)nc2-c2ccc(OC)c(Cl)c2)C2CCCC2)cc1. The second-order valence-electron chi connectivity index (χ2n) is 9.88. The highest BCUT2D eigenvalue weighted by atomic mass is 35.5. The van der Waals surface area contributed by atoms with Crippen LogP contribution in [0.3, 0.4) is 0 Å². The van der Waals surface area contributed by atoms with Crippen molar-refractivity contribution in [2.24, 2.45) is 0 Å². The summed E-state index contributed by atoms with van der Waals surface area (Å²) >= 11 is 6.46. The van der Waals surface area contributed by atoms with Crippen LogP contribution in [0.25, 0.3) is 22.8 Å². The molecule has 4 aromatic rings. The van der Waals surface area contributed by atoms with E-state index in [1.807, 2.05) is 64.2 Å². The first-order chi connectivity index (χ1) is 19.6. The van der Waals surface area contributed by atoms with Crippen molar-refractivity contribution in [3.8, 4) is 34.3 Å². The smallest absolute Gasteiger partial charge is 0.260 e. The molecule has 0 saturated heterocycles. The molecular weight excluding hydrogens is 526 g/mol. The van der Waals surface area contributed by atoms with Crippen molar-refractivity contribution in [1.82, 2.24) is 24.6 Å². The van der Waals surface area contributed by atoms with E-state index in [4.69, 9.17) is 31.2 Å². The van der Waals surface area contributed by atoms with Gasteiger partial charge < -0.3 is 14.4 Å². The van der Waals surface area contributed by atoms with E-state index in [0.29, 0.717) is 41.3 Å². The number of ether oxygens (including phenoxy) is 2. The maximum Gasteiger partial charge on any atom is 0.260 e. The fourth-order valence-electron chi connectivity index (χ4n) is 5.12. The lowest BCUT2D eigenvalue weighted by Gasteiger charge is -2.29. The minimum Gasteiger partial charge on any atom is -0.495 e. The normalized spacial score (nSPS) is 13.4. The minimum absolute atomic E-state index is 0.00252. The number of amides is 1. The van der Waals surface area contributed by atoms with Gasteiger partial charge in [0.05, 0.1) is 18.7 Å². The first kappa shape index (κ1) is 27.6. The minimum atomic E-state index is -0.0185. The van der Waals surface area contributed by atoms with Crippen LogP contribution in [-0.4, -0.2) is 56.9 Å². The third-order valence-electron chi connectivity index (χ3n) is 7.35. The number of benzene rings is 2. The van der Waals surface area contributed by atoms with Gasteiger partial charge in [0.2, 0.25) is 0 Å².